The number of rotatable bonds is 8. The van der Waals surface area contributed by atoms with Gasteiger partial charge in [0.25, 0.3) is 0 Å². The van der Waals surface area contributed by atoms with Gasteiger partial charge < -0.3 is 20.7 Å². The third kappa shape index (κ3) is 6.03. The van der Waals surface area contributed by atoms with Crippen molar-refractivity contribution in [2.24, 2.45) is 0 Å². The normalized spacial score (nSPS) is 13.4. The van der Waals surface area contributed by atoms with Gasteiger partial charge >= 0.3 is 0 Å². The second-order valence-electron chi connectivity index (χ2n) is 7.79. The molecule has 0 unspecified atom stereocenters. The minimum absolute atomic E-state index is 0.100. The molecule has 172 valence electrons. The number of anilines is 3. The van der Waals surface area contributed by atoms with Crippen LogP contribution in [0.3, 0.4) is 0 Å². The predicted octanol–water partition coefficient (Wildman–Crippen LogP) is 4.43. The Bertz CT molecular complexity index is 1170. The van der Waals surface area contributed by atoms with Crippen LogP contribution < -0.4 is 20.7 Å². The Labute approximate surface area is 202 Å². The number of hydrogen-bond donors (Lipinski definition) is 2. The van der Waals surface area contributed by atoms with Gasteiger partial charge in [-0.05, 0) is 55.2 Å². The second-order valence-corrected chi connectivity index (χ2v) is 8.63. The SMILES string of the molecule is Cc1cc(OCc2nc(N)nc(NCCc3ccc(Cl)cc3Cl)n2)cc(N2CCCC2=O)c1. The highest BCUT2D eigenvalue weighted by atomic mass is 35.5. The molecule has 1 aromatic heterocycles. The Morgan fingerprint density at radius 3 is 2.76 bits per heavy atom. The zero-order valence-corrected chi connectivity index (χ0v) is 19.7. The summed E-state index contributed by atoms with van der Waals surface area (Å²) in [6, 6.07) is 11.1. The molecule has 0 radical (unpaired) electrons. The second kappa shape index (κ2) is 10.2. The van der Waals surface area contributed by atoms with Crippen LogP contribution in [0.15, 0.2) is 36.4 Å². The summed E-state index contributed by atoms with van der Waals surface area (Å²) in [5, 5.41) is 4.35. The van der Waals surface area contributed by atoms with Crippen molar-refractivity contribution in [2.75, 3.05) is 29.0 Å². The van der Waals surface area contributed by atoms with Crippen molar-refractivity contribution in [1.82, 2.24) is 15.0 Å². The Kier molecular flexibility index (Phi) is 7.15. The van der Waals surface area contributed by atoms with E-state index in [1.807, 2.05) is 31.2 Å². The molecule has 3 N–H and O–H groups in total. The number of ether oxygens (including phenoxy) is 1. The van der Waals surface area contributed by atoms with Crippen molar-refractivity contribution in [3.63, 3.8) is 0 Å². The number of nitrogen functional groups attached to an aromatic ring is 1. The van der Waals surface area contributed by atoms with E-state index in [1.165, 1.54) is 0 Å². The van der Waals surface area contributed by atoms with Crippen LogP contribution in [0.5, 0.6) is 5.75 Å². The largest absolute Gasteiger partial charge is 0.486 e. The van der Waals surface area contributed by atoms with E-state index >= 15 is 0 Å². The maximum absolute atomic E-state index is 12.1. The number of aromatic nitrogens is 3. The molecule has 1 saturated heterocycles. The fourth-order valence-electron chi connectivity index (χ4n) is 3.65. The molecule has 2 heterocycles. The van der Waals surface area contributed by atoms with E-state index in [1.54, 1.807) is 17.0 Å². The van der Waals surface area contributed by atoms with Crippen LogP contribution in [0, 0.1) is 6.92 Å². The molecule has 2 aromatic carbocycles. The van der Waals surface area contributed by atoms with E-state index in [9.17, 15) is 4.79 Å². The number of hydrogen-bond acceptors (Lipinski definition) is 7. The smallest absolute Gasteiger partial charge is 0.227 e. The third-order valence-electron chi connectivity index (χ3n) is 5.18. The number of aryl methyl sites for hydroxylation is 1. The lowest BCUT2D eigenvalue weighted by Crippen LogP contribution is -2.23. The molecule has 0 saturated carbocycles. The van der Waals surface area contributed by atoms with Crippen molar-refractivity contribution in [3.05, 3.63) is 63.4 Å². The molecule has 4 rings (SSSR count). The molecule has 1 fully saturated rings. The molecule has 3 aromatic rings. The van der Waals surface area contributed by atoms with E-state index in [0.717, 1.165) is 29.8 Å². The third-order valence-corrected chi connectivity index (χ3v) is 5.77. The minimum atomic E-state index is 0.100. The molecular weight excluding hydrogens is 463 g/mol. The van der Waals surface area contributed by atoms with Gasteiger partial charge in [-0.25, -0.2) is 0 Å². The Morgan fingerprint density at radius 2 is 2.00 bits per heavy atom. The lowest BCUT2D eigenvalue weighted by Gasteiger charge is -2.18. The van der Waals surface area contributed by atoms with Crippen LogP contribution >= 0.6 is 23.2 Å². The Hall–Kier alpha value is -3.10. The van der Waals surface area contributed by atoms with E-state index < -0.39 is 0 Å². The number of benzene rings is 2. The Balaban J connectivity index is 1.39. The standard InChI is InChI=1S/C23H24Cl2N6O2/c1-14-9-17(31-8-2-3-21(31)32)12-18(10-14)33-13-20-28-22(26)30-23(29-20)27-7-6-15-4-5-16(24)11-19(15)25/h4-5,9-12H,2-3,6-8,13H2,1H3,(H3,26,27,28,29,30). The first kappa shape index (κ1) is 23.1. The maximum atomic E-state index is 12.1. The van der Waals surface area contributed by atoms with Gasteiger partial charge in [-0.15, -0.1) is 0 Å². The molecule has 0 atom stereocenters. The van der Waals surface area contributed by atoms with Gasteiger partial charge in [0.1, 0.15) is 12.4 Å². The fourth-order valence-corrected chi connectivity index (χ4v) is 4.15. The molecule has 0 spiro atoms. The topological polar surface area (TPSA) is 106 Å². The summed E-state index contributed by atoms with van der Waals surface area (Å²) >= 11 is 12.2. The lowest BCUT2D eigenvalue weighted by molar-refractivity contribution is -0.117. The first-order valence-electron chi connectivity index (χ1n) is 10.6. The van der Waals surface area contributed by atoms with E-state index in [2.05, 4.69) is 20.3 Å². The van der Waals surface area contributed by atoms with Gasteiger partial charge in [-0.3, -0.25) is 4.79 Å². The average Bonchev–Trinajstić information content (AvgIpc) is 3.19. The highest BCUT2D eigenvalue weighted by Gasteiger charge is 2.22. The first-order chi connectivity index (χ1) is 15.9. The van der Waals surface area contributed by atoms with Crippen LogP contribution in [-0.4, -0.2) is 33.9 Å². The monoisotopic (exact) mass is 486 g/mol. The van der Waals surface area contributed by atoms with Gasteiger partial charge in [0.05, 0.1) is 0 Å². The van der Waals surface area contributed by atoms with Gasteiger partial charge in [-0.1, -0.05) is 29.3 Å². The summed E-state index contributed by atoms with van der Waals surface area (Å²) in [7, 11) is 0. The minimum Gasteiger partial charge on any atom is -0.486 e. The van der Waals surface area contributed by atoms with Gasteiger partial charge in [0, 0.05) is 41.3 Å². The van der Waals surface area contributed by atoms with Crippen molar-refractivity contribution in [1.29, 1.82) is 0 Å². The van der Waals surface area contributed by atoms with Crippen LogP contribution in [0.25, 0.3) is 0 Å². The van der Waals surface area contributed by atoms with Crippen molar-refractivity contribution in [3.8, 4) is 5.75 Å². The summed E-state index contributed by atoms with van der Waals surface area (Å²) in [4.78, 5) is 26.6. The van der Waals surface area contributed by atoms with Gasteiger partial charge in [-0.2, -0.15) is 15.0 Å². The number of halogens is 2. The van der Waals surface area contributed by atoms with Gasteiger partial charge in [0.2, 0.25) is 17.8 Å². The summed E-state index contributed by atoms with van der Waals surface area (Å²) in [5.41, 5.74) is 8.66. The summed E-state index contributed by atoms with van der Waals surface area (Å²) in [6.07, 6.45) is 2.11. The number of nitrogens with two attached hydrogens (primary N) is 1. The Morgan fingerprint density at radius 1 is 1.15 bits per heavy atom. The number of carbonyl (C=O) groups excluding carboxylic acids is 1. The summed E-state index contributed by atoms with van der Waals surface area (Å²) < 4.78 is 5.92. The average molecular weight is 487 g/mol. The predicted molar refractivity (Wildman–Crippen MR) is 130 cm³/mol. The number of nitrogens with zero attached hydrogens (tertiary/aromatic N) is 4. The molecule has 8 nitrogen and oxygen atoms in total. The van der Waals surface area contributed by atoms with Crippen molar-refractivity contribution >= 4 is 46.7 Å². The molecule has 1 aliphatic rings. The lowest BCUT2D eigenvalue weighted by atomic mass is 10.1. The quantitative estimate of drug-likeness (QED) is 0.484. The molecule has 1 aliphatic heterocycles. The van der Waals surface area contributed by atoms with Crippen LogP contribution in [-0.2, 0) is 17.8 Å². The fraction of sp³-hybridized carbons (Fsp3) is 0.304. The summed E-state index contributed by atoms with van der Waals surface area (Å²) in [6.45, 7) is 3.35. The molecule has 0 aliphatic carbocycles. The van der Waals surface area contributed by atoms with Crippen LogP contribution in [0.1, 0.15) is 29.8 Å². The summed E-state index contributed by atoms with van der Waals surface area (Å²) in [5.74, 6) is 1.62. The zero-order valence-electron chi connectivity index (χ0n) is 18.1. The van der Waals surface area contributed by atoms with E-state index in [4.69, 9.17) is 33.7 Å². The van der Waals surface area contributed by atoms with E-state index in [-0.39, 0.29) is 18.5 Å². The number of nitrogens with one attached hydrogen (secondary N) is 1. The maximum Gasteiger partial charge on any atom is 0.227 e. The highest BCUT2D eigenvalue weighted by molar-refractivity contribution is 6.35. The molecule has 10 heteroatoms. The number of carbonyl (C=O) groups is 1. The molecule has 0 bridgehead atoms. The zero-order chi connectivity index (χ0) is 23.4. The van der Waals surface area contributed by atoms with Crippen LogP contribution in [0.4, 0.5) is 17.6 Å². The first-order valence-corrected chi connectivity index (χ1v) is 11.4. The molecule has 1 amide bonds. The van der Waals surface area contributed by atoms with E-state index in [0.29, 0.717) is 47.0 Å². The number of amides is 1. The molecular formula is C23H24Cl2N6O2. The van der Waals surface area contributed by atoms with Crippen LogP contribution in [0.2, 0.25) is 10.0 Å². The van der Waals surface area contributed by atoms with Crippen molar-refractivity contribution in [2.45, 2.75) is 32.8 Å². The van der Waals surface area contributed by atoms with Gasteiger partial charge in [0.15, 0.2) is 5.82 Å². The molecule has 33 heavy (non-hydrogen) atoms. The highest BCUT2D eigenvalue weighted by Crippen LogP contribution is 2.28. The van der Waals surface area contributed by atoms with Crippen molar-refractivity contribution < 1.29 is 9.53 Å².